The van der Waals surface area contributed by atoms with Crippen molar-refractivity contribution in [2.45, 2.75) is 20.1 Å². The number of benzene rings is 3. The summed E-state index contributed by atoms with van der Waals surface area (Å²) in [6.45, 7) is 5.08. The van der Waals surface area contributed by atoms with Gasteiger partial charge in [0.1, 0.15) is 0 Å². The van der Waals surface area contributed by atoms with Gasteiger partial charge in [-0.15, -0.1) is 0 Å². The maximum absolute atomic E-state index is 5.72. The minimum atomic E-state index is -3.56. The van der Waals surface area contributed by atoms with Crippen molar-refractivity contribution >= 4 is 29.1 Å². The van der Waals surface area contributed by atoms with Crippen LogP contribution in [-0.4, -0.2) is 37.9 Å². The molecule has 3 rings (SSSR count). The van der Waals surface area contributed by atoms with Gasteiger partial charge in [-0.3, -0.25) is 0 Å². The Kier molecular flexibility index (Phi) is 7.73. The second kappa shape index (κ2) is 10.5. The summed E-state index contributed by atoms with van der Waals surface area (Å²) in [5, 5.41) is 0. The Hall–Kier alpha value is -2.06. The van der Waals surface area contributed by atoms with E-state index in [2.05, 4.69) is 101 Å². The van der Waals surface area contributed by atoms with E-state index in [9.17, 15) is 0 Å². The van der Waals surface area contributed by atoms with Crippen molar-refractivity contribution in [3.8, 4) is 9.86 Å². The molecule has 2 nitrogen and oxygen atoms in total. The van der Waals surface area contributed by atoms with Crippen LogP contribution in [0.2, 0.25) is 0 Å². The van der Waals surface area contributed by atoms with Crippen molar-refractivity contribution < 1.29 is 9.47 Å². The maximum atomic E-state index is 5.72. The molecule has 0 saturated heterocycles. The van der Waals surface area contributed by atoms with Crippen LogP contribution >= 0.6 is 0 Å². The molecule has 3 heteroatoms. The quantitative estimate of drug-likeness (QED) is 0.296. The van der Waals surface area contributed by atoms with Gasteiger partial charge in [0, 0.05) is 0 Å². The van der Waals surface area contributed by atoms with Crippen LogP contribution in [0.3, 0.4) is 0 Å². The zero-order chi connectivity index (χ0) is 19.7. The van der Waals surface area contributed by atoms with E-state index in [0.717, 1.165) is 0 Å². The van der Waals surface area contributed by atoms with Gasteiger partial charge < -0.3 is 0 Å². The van der Waals surface area contributed by atoms with Crippen LogP contribution < -0.4 is 10.7 Å². The molecule has 0 aliphatic carbocycles. The summed E-state index contributed by atoms with van der Waals surface area (Å²) < 4.78 is 19.2. The van der Waals surface area contributed by atoms with Crippen LogP contribution in [0.4, 0.5) is 0 Å². The Morgan fingerprint density at radius 1 is 0.643 bits per heavy atom. The fourth-order valence-electron chi connectivity index (χ4n) is 3.38. The number of rotatable bonds is 7. The molecule has 0 spiro atoms. The Bertz CT molecular complexity index is 796. The Morgan fingerprint density at radius 3 is 1.32 bits per heavy atom. The molecule has 0 heterocycles. The first-order valence-corrected chi connectivity index (χ1v) is 15.4. The second-order valence-corrected chi connectivity index (χ2v) is 16.3. The zero-order valence-corrected chi connectivity index (χ0v) is 19.3. The van der Waals surface area contributed by atoms with Gasteiger partial charge in [0.05, 0.1) is 0 Å². The van der Waals surface area contributed by atoms with E-state index < -0.39 is 24.7 Å². The van der Waals surface area contributed by atoms with Gasteiger partial charge in [0.2, 0.25) is 0 Å². The van der Waals surface area contributed by atoms with E-state index in [1.165, 1.54) is 10.7 Å². The van der Waals surface area contributed by atoms with Crippen LogP contribution in [0.25, 0.3) is 0 Å². The first-order chi connectivity index (χ1) is 13.8. The molecule has 3 aromatic carbocycles. The molecule has 28 heavy (non-hydrogen) atoms. The number of hydrogen-bond donors (Lipinski definition) is 0. The summed E-state index contributed by atoms with van der Waals surface area (Å²) in [5.74, 6) is 3.36. The van der Waals surface area contributed by atoms with E-state index in [1.54, 1.807) is 0 Å². The van der Waals surface area contributed by atoms with Crippen LogP contribution in [0.1, 0.15) is 13.8 Å². The molecule has 0 saturated carbocycles. The summed E-state index contributed by atoms with van der Waals surface area (Å²) in [7, 11) is 0. The number of hydrogen-bond acceptors (Lipinski definition) is 2. The van der Waals surface area contributed by atoms with Crippen molar-refractivity contribution in [3.05, 3.63) is 91.0 Å². The monoisotopic (exact) mass is 478 g/mol. The predicted molar refractivity (Wildman–Crippen MR) is 119 cm³/mol. The average molecular weight is 477 g/mol. The van der Waals surface area contributed by atoms with Crippen LogP contribution in [0, 0.1) is 9.86 Å². The summed E-state index contributed by atoms with van der Waals surface area (Å²) >= 11 is -3.56. The molecule has 0 aliphatic heterocycles. The third kappa shape index (κ3) is 4.67. The molecule has 0 N–H and O–H groups in total. The van der Waals surface area contributed by atoms with E-state index >= 15 is 0 Å². The molecule has 0 atom stereocenters. The van der Waals surface area contributed by atoms with E-state index in [4.69, 9.17) is 9.47 Å². The van der Waals surface area contributed by atoms with Crippen molar-refractivity contribution in [2.75, 3.05) is 13.2 Å². The first-order valence-electron chi connectivity index (χ1n) is 9.73. The normalized spacial score (nSPS) is 11.1. The molecular weight excluding hydrogens is 451 g/mol. The molecule has 0 amide bonds. The van der Waals surface area contributed by atoms with Crippen molar-refractivity contribution in [1.82, 2.24) is 0 Å². The van der Waals surface area contributed by atoms with Gasteiger partial charge in [0.15, 0.2) is 0 Å². The Labute approximate surface area is 172 Å². The molecular formula is C25H26O2Sn. The van der Waals surface area contributed by atoms with Crippen LogP contribution in [0.5, 0.6) is 0 Å². The Balaban J connectivity index is 2.26. The average Bonchev–Trinajstić information content (AvgIpc) is 2.77. The van der Waals surface area contributed by atoms with Crippen LogP contribution in [-0.2, 0) is 9.47 Å². The van der Waals surface area contributed by atoms with E-state index in [1.807, 2.05) is 13.8 Å². The molecule has 0 aliphatic rings. The summed E-state index contributed by atoms with van der Waals surface area (Å²) in [4.78, 5) is 0. The van der Waals surface area contributed by atoms with Crippen molar-refractivity contribution in [2.24, 2.45) is 0 Å². The minimum absolute atomic E-state index is 0.498. The molecule has 0 unspecified atom stereocenters. The molecule has 3 aromatic rings. The summed E-state index contributed by atoms with van der Waals surface area (Å²) in [6.07, 6.45) is -0.498. The Morgan fingerprint density at radius 2 is 1.00 bits per heavy atom. The molecule has 0 fully saturated rings. The van der Waals surface area contributed by atoms with Crippen molar-refractivity contribution in [1.29, 1.82) is 0 Å². The standard InChI is InChI=1S/C7H11O2.3C6H5.Sn/c1-4-7(8-5-2)9-6-3;3*1-2-4-6-5-3-1;/h7H,5-6H2,2-3H3;3*1-5H;. The van der Waals surface area contributed by atoms with Gasteiger partial charge >= 0.3 is 173 Å². The van der Waals surface area contributed by atoms with Crippen molar-refractivity contribution in [3.63, 3.8) is 0 Å². The first kappa shape index (κ1) is 20.7. The fourth-order valence-corrected chi connectivity index (χ4v) is 14.4. The second-order valence-electron chi connectivity index (χ2n) is 6.36. The van der Waals surface area contributed by atoms with Crippen LogP contribution in [0.15, 0.2) is 91.0 Å². The molecule has 142 valence electrons. The van der Waals surface area contributed by atoms with Gasteiger partial charge in [-0.25, -0.2) is 0 Å². The van der Waals surface area contributed by atoms with Gasteiger partial charge in [-0.05, 0) is 0 Å². The SMILES string of the molecule is CCOC(C#[C][Sn]([c]1ccccc1)([c]1ccccc1)[c]1ccccc1)OCC. The third-order valence-electron chi connectivity index (χ3n) is 4.63. The summed E-state index contributed by atoms with van der Waals surface area (Å²) in [6, 6.07) is 32.2. The van der Waals surface area contributed by atoms with Gasteiger partial charge in [0.25, 0.3) is 0 Å². The molecule has 0 aromatic heterocycles. The van der Waals surface area contributed by atoms with Gasteiger partial charge in [-0.1, -0.05) is 0 Å². The molecule has 0 radical (unpaired) electrons. The van der Waals surface area contributed by atoms with Gasteiger partial charge in [-0.2, -0.15) is 0 Å². The van der Waals surface area contributed by atoms with E-state index in [-0.39, 0.29) is 0 Å². The third-order valence-corrected chi connectivity index (χ3v) is 16.4. The fraction of sp³-hybridized carbons (Fsp3) is 0.200. The zero-order valence-electron chi connectivity index (χ0n) is 16.5. The topological polar surface area (TPSA) is 18.5 Å². The summed E-state index contributed by atoms with van der Waals surface area (Å²) in [5.41, 5.74) is 0. The predicted octanol–water partition coefficient (Wildman–Crippen LogP) is 3.10. The number of ether oxygens (including phenoxy) is 2. The molecule has 0 bridgehead atoms. The van der Waals surface area contributed by atoms with E-state index in [0.29, 0.717) is 13.2 Å².